The van der Waals surface area contributed by atoms with Crippen LogP contribution in [0.25, 0.3) is 0 Å². The van der Waals surface area contributed by atoms with Crippen molar-refractivity contribution in [2.75, 3.05) is 26.9 Å². The molecule has 19 heavy (non-hydrogen) atoms. The number of carboxylic acids is 1. The number of ether oxygens (including phenoxy) is 2. The molecule has 2 rings (SSSR count). The molecule has 0 bridgehead atoms. The third kappa shape index (κ3) is 3.27. The lowest BCUT2D eigenvalue weighted by Gasteiger charge is -2.31. The predicted octanol–water partition coefficient (Wildman–Crippen LogP) is 1.41. The van der Waals surface area contributed by atoms with Gasteiger partial charge >= 0.3 is 5.97 Å². The summed E-state index contributed by atoms with van der Waals surface area (Å²) in [6, 6.07) is 0. The average molecular weight is 271 g/mol. The number of carbonyl (C=O) groups is 1. The lowest BCUT2D eigenvalue weighted by atomic mass is 9.85. The number of rotatable bonds is 6. The van der Waals surface area contributed by atoms with E-state index in [2.05, 4.69) is 5.32 Å². The maximum atomic E-state index is 11.5. The minimum absolute atomic E-state index is 0.176. The quantitative estimate of drug-likeness (QED) is 0.764. The van der Waals surface area contributed by atoms with Gasteiger partial charge in [-0.15, -0.1) is 0 Å². The number of hydrogen-bond acceptors (Lipinski definition) is 4. The van der Waals surface area contributed by atoms with Gasteiger partial charge in [-0.1, -0.05) is 6.42 Å². The second-order valence-electron chi connectivity index (χ2n) is 5.59. The van der Waals surface area contributed by atoms with Gasteiger partial charge in [-0.05, 0) is 45.1 Å². The Morgan fingerprint density at radius 2 is 2.16 bits per heavy atom. The van der Waals surface area contributed by atoms with Crippen molar-refractivity contribution in [1.29, 1.82) is 0 Å². The summed E-state index contributed by atoms with van der Waals surface area (Å²) in [6.45, 7) is 2.22. The predicted molar refractivity (Wildman–Crippen MR) is 71.2 cm³/mol. The molecule has 1 heterocycles. The summed E-state index contributed by atoms with van der Waals surface area (Å²) >= 11 is 0. The summed E-state index contributed by atoms with van der Waals surface area (Å²) in [4.78, 5) is 11.5. The molecule has 5 nitrogen and oxygen atoms in total. The summed E-state index contributed by atoms with van der Waals surface area (Å²) in [5.41, 5.74) is -0.737. The third-order valence-electron chi connectivity index (χ3n) is 4.64. The van der Waals surface area contributed by atoms with Crippen LogP contribution in [0.15, 0.2) is 0 Å². The zero-order valence-corrected chi connectivity index (χ0v) is 11.7. The fraction of sp³-hybridized carbons (Fsp3) is 0.929. The highest BCUT2D eigenvalue weighted by atomic mass is 16.5. The molecule has 5 heteroatoms. The van der Waals surface area contributed by atoms with E-state index in [1.807, 2.05) is 0 Å². The second-order valence-corrected chi connectivity index (χ2v) is 5.59. The Hall–Kier alpha value is -0.650. The van der Waals surface area contributed by atoms with Crippen LogP contribution >= 0.6 is 0 Å². The Balaban J connectivity index is 1.79. The van der Waals surface area contributed by atoms with E-state index < -0.39 is 11.5 Å². The highest BCUT2D eigenvalue weighted by Gasteiger charge is 2.47. The summed E-state index contributed by atoms with van der Waals surface area (Å²) in [5.74, 6) is -0.543. The van der Waals surface area contributed by atoms with Gasteiger partial charge < -0.3 is 19.9 Å². The average Bonchev–Trinajstić information content (AvgIpc) is 2.84. The van der Waals surface area contributed by atoms with Crippen LogP contribution in [0.4, 0.5) is 0 Å². The molecule has 2 fully saturated rings. The fourth-order valence-electron chi connectivity index (χ4n) is 3.41. The van der Waals surface area contributed by atoms with Crippen LogP contribution in [0.1, 0.15) is 38.5 Å². The van der Waals surface area contributed by atoms with E-state index in [0.717, 1.165) is 51.7 Å². The van der Waals surface area contributed by atoms with Gasteiger partial charge in [-0.25, -0.2) is 0 Å². The Kier molecular flexibility index (Phi) is 5.19. The molecule has 1 saturated heterocycles. The molecule has 2 aliphatic rings. The van der Waals surface area contributed by atoms with E-state index in [9.17, 15) is 9.90 Å². The van der Waals surface area contributed by atoms with Gasteiger partial charge in [0.25, 0.3) is 0 Å². The smallest absolute Gasteiger partial charge is 0.324 e. The van der Waals surface area contributed by atoms with Crippen molar-refractivity contribution in [2.45, 2.75) is 50.2 Å². The van der Waals surface area contributed by atoms with Crippen LogP contribution in [-0.2, 0) is 14.3 Å². The Labute approximate surface area is 114 Å². The molecule has 1 saturated carbocycles. The minimum Gasteiger partial charge on any atom is -0.480 e. The van der Waals surface area contributed by atoms with Gasteiger partial charge in [0.1, 0.15) is 5.54 Å². The summed E-state index contributed by atoms with van der Waals surface area (Å²) in [6.07, 6.45) is 5.72. The van der Waals surface area contributed by atoms with E-state index >= 15 is 0 Å². The maximum Gasteiger partial charge on any atom is 0.324 e. The first-order valence-corrected chi connectivity index (χ1v) is 7.30. The lowest BCUT2D eigenvalue weighted by Crippen LogP contribution is -2.53. The van der Waals surface area contributed by atoms with Crippen molar-refractivity contribution < 1.29 is 19.4 Å². The summed E-state index contributed by atoms with van der Waals surface area (Å²) in [5, 5.41) is 12.5. The van der Waals surface area contributed by atoms with Crippen molar-refractivity contribution in [3.63, 3.8) is 0 Å². The second kappa shape index (κ2) is 6.68. The highest BCUT2D eigenvalue weighted by Crippen LogP contribution is 2.38. The lowest BCUT2D eigenvalue weighted by molar-refractivity contribution is -0.146. The van der Waals surface area contributed by atoms with Crippen molar-refractivity contribution >= 4 is 5.97 Å². The van der Waals surface area contributed by atoms with Gasteiger partial charge in [-0.3, -0.25) is 4.79 Å². The standard InChI is InChI=1S/C14H25NO4/c1-15-14(13(16)17)7-2-3-11(14)4-10-19-12-5-8-18-9-6-12/h11-12,15H,2-10H2,1H3,(H,16,17). The molecule has 0 aromatic rings. The normalized spacial score (nSPS) is 32.6. The van der Waals surface area contributed by atoms with Crippen LogP contribution in [0, 0.1) is 5.92 Å². The molecule has 0 radical (unpaired) electrons. The van der Waals surface area contributed by atoms with Crippen LogP contribution < -0.4 is 5.32 Å². The van der Waals surface area contributed by atoms with E-state index in [4.69, 9.17) is 9.47 Å². The van der Waals surface area contributed by atoms with Crippen LogP contribution in [0.2, 0.25) is 0 Å². The van der Waals surface area contributed by atoms with Crippen molar-refractivity contribution in [3.05, 3.63) is 0 Å². The third-order valence-corrected chi connectivity index (χ3v) is 4.64. The molecule has 2 unspecified atom stereocenters. The number of hydrogen-bond donors (Lipinski definition) is 2. The fourth-order valence-corrected chi connectivity index (χ4v) is 3.41. The molecule has 1 aliphatic heterocycles. The molecule has 0 aromatic heterocycles. The van der Waals surface area contributed by atoms with E-state index in [0.29, 0.717) is 12.7 Å². The van der Waals surface area contributed by atoms with Gasteiger partial charge in [0, 0.05) is 19.8 Å². The molecule has 0 aromatic carbocycles. The first kappa shape index (κ1) is 14.8. The Bertz CT molecular complexity index is 304. The highest BCUT2D eigenvalue weighted by molar-refractivity contribution is 5.79. The topological polar surface area (TPSA) is 67.8 Å². The molecular formula is C14H25NO4. The van der Waals surface area contributed by atoms with Gasteiger partial charge in [0.05, 0.1) is 6.10 Å². The number of nitrogens with one attached hydrogen (secondary N) is 1. The molecule has 0 amide bonds. The van der Waals surface area contributed by atoms with E-state index in [1.165, 1.54) is 0 Å². The number of aliphatic carboxylic acids is 1. The molecule has 0 spiro atoms. The maximum absolute atomic E-state index is 11.5. The first-order valence-electron chi connectivity index (χ1n) is 7.30. The monoisotopic (exact) mass is 271 g/mol. The van der Waals surface area contributed by atoms with E-state index in [1.54, 1.807) is 7.05 Å². The number of carboxylic acid groups (broad SMARTS) is 1. The largest absolute Gasteiger partial charge is 0.480 e. The molecule has 2 atom stereocenters. The van der Waals surface area contributed by atoms with Crippen molar-refractivity contribution in [2.24, 2.45) is 5.92 Å². The van der Waals surface area contributed by atoms with Crippen molar-refractivity contribution in [3.8, 4) is 0 Å². The Morgan fingerprint density at radius 3 is 2.79 bits per heavy atom. The zero-order chi connectivity index (χ0) is 13.7. The van der Waals surface area contributed by atoms with Crippen molar-refractivity contribution in [1.82, 2.24) is 5.32 Å². The van der Waals surface area contributed by atoms with Crippen LogP contribution in [0.5, 0.6) is 0 Å². The first-order chi connectivity index (χ1) is 9.19. The molecule has 110 valence electrons. The molecular weight excluding hydrogens is 246 g/mol. The Morgan fingerprint density at radius 1 is 1.42 bits per heavy atom. The molecule has 2 N–H and O–H groups in total. The van der Waals surface area contributed by atoms with Gasteiger partial charge in [-0.2, -0.15) is 0 Å². The van der Waals surface area contributed by atoms with Crippen LogP contribution in [0.3, 0.4) is 0 Å². The van der Waals surface area contributed by atoms with Gasteiger partial charge in [0.2, 0.25) is 0 Å². The number of likely N-dealkylation sites (N-methyl/N-ethyl adjacent to an activating group) is 1. The SMILES string of the molecule is CNC1(C(=O)O)CCCC1CCOC1CCOCC1. The summed E-state index contributed by atoms with van der Waals surface area (Å²) in [7, 11) is 1.76. The van der Waals surface area contributed by atoms with E-state index in [-0.39, 0.29) is 5.92 Å². The summed E-state index contributed by atoms with van der Waals surface area (Å²) < 4.78 is 11.2. The van der Waals surface area contributed by atoms with Gasteiger partial charge in [0.15, 0.2) is 0 Å². The van der Waals surface area contributed by atoms with Crippen LogP contribution in [-0.4, -0.2) is 49.6 Å². The minimum atomic E-state index is -0.737. The zero-order valence-electron chi connectivity index (χ0n) is 11.7. The molecule has 1 aliphatic carbocycles.